The van der Waals surface area contributed by atoms with E-state index in [9.17, 15) is 4.79 Å². The van der Waals surface area contributed by atoms with Crippen molar-refractivity contribution in [3.8, 4) is 11.5 Å². The van der Waals surface area contributed by atoms with Crippen molar-refractivity contribution in [3.63, 3.8) is 0 Å². The molecule has 1 aliphatic carbocycles. The zero-order valence-electron chi connectivity index (χ0n) is 19.5. The summed E-state index contributed by atoms with van der Waals surface area (Å²) in [7, 11) is 1.67. The summed E-state index contributed by atoms with van der Waals surface area (Å²) < 4.78 is 11.8. The van der Waals surface area contributed by atoms with Crippen LogP contribution in [0.15, 0.2) is 42.5 Å². The van der Waals surface area contributed by atoms with Gasteiger partial charge in [0.15, 0.2) is 0 Å². The first-order valence-corrected chi connectivity index (χ1v) is 10.7. The average Bonchev–Trinajstić information content (AvgIpc) is 2.66. The van der Waals surface area contributed by atoms with Gasteiger partial charge in [0.05, 0.1) is 13.0 Å². The van der Waals surface area contributed by atoms with E-state index in [1.165, 1.54) is 0 Å². The topological polar surface area (TPSA) is 35.5 Å². The van der Waals surface area contributed by atoms with E-state index < -0.39 is 0 Å². The highest BCUT2D eigenvalue weighted by Gasteiger charge is 2.35. The van der Waals surface area contributed by atoms with Crippen LogP contribution in [0.4, 0.5) is 0 Å². The highest BCUT2D eigenvalue weighted by molar-refractivity contribution is 5.84. The quantitative estimate of drug-likeness (QED) is 0.423. The average molecular weight is 407 g/mol. The third-order valence-electron chi connectivity index (χ3n) is 5.81. The fourth-order valence-electron chi connectivity index (χ4n) is 4.05. The molecule has 0 heterocycles. The normalized spacial score (nSPS) is 18.7. The van der Waals surface area contributed by atoms with Gasteiger partial charge in [0.2, 0.25) is 0 Å². The van der Waals surface area contributed by atoms with Crippen LogP contribution >= 0.6 is 0 Å². The zero-order chi connectivity index (χ0) is 22.3. The number of hydrogen-bond donors (Lipinski definition) is 0. The largest absolute Gasteiger partial charge is 0.497 e. The van der Waals surface area contributed by atoms with Crippen molar-refractivity contribution in [1.29, 1.82) is 0 Å². The first-order valence-electron chi connectivity index (χ1n) is 10.7. The molecule has 2 aromatic rings. The SMILES string of the molecule is COc1cc(C(C)(C)C)c(OC(=O)[C@H]2c3ccccc3C=C[C@H]2C)c(C(C)(C)C)c1. The molecule has 3 rings (SSSR count). The summed E-state index contributed by atoms with van der Waals surface area (Å²) in [5.41, 5.74) is 3.65. The number of esters is 1. The number of methoxy groups -OCH3 is 1. The van der Waals surface area contributed by atoms with Crippen LogP contribution in [0.25, 0.3) is 6.08 Å². The van der Waals surface area contributed by atoms with E-state index in [1.807, 2.05) is 36.4 Å². The van der Waals surface area contributed by atoms with Gasteiger partial charge in [-0.1, -0.05) is 84.9 Å². The summed E-state index contributed by atoms with van der Waals surface area (Å²) in [6.07, 6.45) is 4.19. The van der Waals surface area contributed by atoms with Gasteiger partial charge >= 0.3 is 5.97 Å². The van der Waals surface area contributed by atoms with Crippen molar-refractivity contribution in [2.75, 3.05) is 7.11 Å². The zero-order valence-corrected chi connectivity index (χ0v) is 19.5. The van der Waals surface area contributed by atoms with E-state index in [0.29, 0.717) is 5.75 Å². The van der Waals surface area contributed by atoms with Crippen LogP contribution in [0, 0.1) is 5.92 Å². The number of carbonyl (C=O) groups excluding carboxylic acids is 1. The number of fused-ring (bicyclic) bond motifs is 1. The minimum absolute atomic E-state index is 0.0711. The maximum absolute atomic E-state index is 13.6. The van der Waals surface area contributed by atoms with E-state index in [1.54, 1.807) is 7.11 Å². The standard InChI is InChI=1S/C27H34O3/c1-17-13-14-18-11-9-10-12-20(18)23(17)25(28)30-24-21(26(2,3)4)15-19(29-8)16-22(24)27(5,6)7/h9-17,23H,1-8H3/t17-,23-/m1/s1. The van der Waals surface area contributed by atoms with Gasteiger partial charge < -0.3 is 9.47 Å². The molecular weight excluding hydrogens is 372 g/mol. The van der Waals surface area contributed by atoms with Crippen LogP contribution in [0.2, 0.25) is 0 Å². The molecule has 160 valence electrons. The third-order valence-corrected chi connectivity index (χ3v) is 5.81. The van der Waals surface area contributed by atoms with Gasteiger partial charge in [0.1, 0.15) is 11.5 Å². The number of rotatable bonds is 3. The third kappa shape index (κ3) is 4.30. The molecule has 2 atom stereocenters. The van der Waals surface area contributed by atoms with Gasteiger partial charge in [-0.15, -0.1) is 0 Å². The molecule has 0 aliphatic heterocycles. The molecule has 3 nitrogen and oxygen atoms in total. The summed E-state index contributed by atoms with van der Waals surface area (Å²) in [4.78, 5) is 13.6. The predicted octanol–water partition coefficient (Wildman–Crippen LogP) is 6.64. The Balaban J connectivity index is 2.12. The van der Waals surface area contributed by atoms with Crippen molar-refractivity contribution in [2.45, 2.75) is 65.2 Å². The lowest BCUT2D eigenvalue weighted by molar-refractivity contribution is -0.137. The van der Waals surface area contributed by atoms with Crippen LogP contribution in [0.5, 0.6) is 11.5 Å². The smallest absolute Gasteiger partial charge is 0.319 e. The number of carbonyl (C=O) groups is 1. The Kier molecular flexibility index (Phi) is 5.86. The molecule has 0 N–H and O–H groups in total. The monoisotopic (exact) mass is 406 g/mol. The second kappa shape index (κ2) is 7.94. The molecule has 0 amide bonds. The summed E-state index contributed by atoms with van der Waals surface area (Å²) >= 11 is 0. The molecule has 30 heavy (non-hydrogen) atoms. The van der Waals surface area contributed by atoms with Crippen molar-refractivity contribution in [2.24, 2.45) is 5.92 Å². The van der Waals surface area contributed by atoms with Crippen LogP contribution in [-0.4, -0.2) is 13.1 Å². The van der Waals surface area contributed by atoms with E-state index in [2.05, 4.69) is 60.6 Å². The summed E-state index contributed by atoms with van der Waals surface area (Å²) in [6.45, 7) is 14.9. The second-order valence-corrected chi connectivity index (χ2v) is 10.3. The van der Waals surface area contributed by atoms with Gasteiger partial charge in [-0.2, -0.15) is 0 Å². The lowest BCUT2D eigenvalue weighted by Gasteiger charge is -2.31. The molecule has 0 spiro atoms. The van der Waals surface area contributed by atoms with E-state index >= 15 is 0 Å². The molecule has 2 aromatic carbocycles. The molecular formula is C27H34O3. The highest BCUT2D eigenvalue weighted by atomic mass is 16.5. The molecule has 0 saturated carbocycles. The summed E-state index contributed by atoms with van der Waals surface area (Å²) in [6, 6.07) is 12.1. The molecule has 3 heteroatoms. The molecule has 0 radical (unpaired) electrons. The van der Waals surface area contributed by atoms with E-state index in [0.717, 1.165) is 28.0 Å². The Morgan fingerprint density at radius 3 is 2.03 bits per heavy atom. The summed E-state index contributed by atoms with van der Waals surface area (Å²) in [5, 5.41) is 0. The maximum Gasteiger partial charge on any atom is 0.319 e. The van der Waals surface area contributed by atoms with Crippen LogP contribution in [0.3, 0.4) is 0 Å². The Hall–Kier alpha value is -2.55. The lowest BCUT2D eigenvalue weighted by atomic mass is 9.78. The van der Waals surface area contributed by atoms with Gasteiger partial charge in [-0.3, -0.25) is 4.79 Å². The minimum Gasteiger partial charge on any atom is -0.497 e. The van der Waals surface area contributed by atoms with Crippen LogP contribution in [-0.2, 0) is 15.6 Å². The molecule has 0 unspecified atom stereocenters. The van der Waals surface area contributed by atoms with Gasteiger partial charge in [-0.25, -0.2) is 0 Å². The van der Waals surface area contributed by atoms with Crippen molar-refractivity contribution in [3.05, 3.63) is 64.7 Å². The Bertz CT molecular complexity index is 935. The second-order valence-electron chi connectivity index (χ2n) is 10.3. The first-order chi connectivity index (χ1) is 13.9. The fourth-order valence-corrected chi connectivity index (χ4v) is 4.05. The van der Waals surface area contributed by atoms with E-state index in [-0.39, 0.29) is 28.6 Å². The van der Waals surface area contributed by atoms with Gasteiger partial charge in [-0.05, 0) is 40.0 Å². The minimum atomic E-state index is -0.325. The molecule has 0 saturated heterocycles. The van der Waals surface area contributed by atoms with Crippen molar-refractivity contribution >= 4 is 12.0 Å². The fraction of sp³-hybridized carbons (Fsp3) is 0.444. The lowest BCUT2D eigenvalue weighted by Crippen LogP contribution is -2.28. The van der Waals surface area contributed by atoms with Crippen molar-refractivity contribution < 1.29 is 14.3 Å². The number of hydrogen-bond acceptors (Lipinski definition) is 3. The summed E-state index contributed by atoms with van der Waals surface area (Å²) in [5.74, 6) is 0.986. The number of benzene rings is 2. The highest BCUT2D eigenvalue weighted by Crippen LogP contribution is 2.44. The first kappa shape index (κ1) is 22.1. The van der Waals surface area contributed by atoms with Gasteiger partial charge in [0, 0.05) is 11.1 Å². The number of ether oxygens (including phenoxy) is 2. The molecule has 0 bridgehead atoms. The molecule has 0 aromatic heterocycles. The van der Waals surface area contributed by atoms with Crippen LogP contribution in [0.1, 0.15) is 76.6 Å². The Morgan fingerprint density at radius 1 is 0.933 bits per heavy atom. The van der Waals surface area contributed by atoms with Crippen molar-refractivity contribution in [1.82, 2.24) is 0 Å². The van der Waals surface area contributed by atoms with Gasteiger partial charge in [0.25, 0.3) is 0 Å². The Morgan fingerprint density at radius 2 is 1.50 bits per heavy atom. The number of allylic oxidation sites excluding steroid dienone is 1. The predicted molar refractivity (Wildman–Crippen MR) is 123 cm³/mol. The maximum atomic E-state index is 13.6. The van der Waals surface area contributed by atoms with E-state index in [4.69, 9.17) is 9.47 Å². The molecule has 0 fully saturated rings. The Labute approximate surface area is 181 Å². The molecule has 1 aliphatic rings. The van der Waals surface area contributed by atoms with Crippen LogP contribution < -0.4 is 9.47 Å².